The number of guanidine groups is 1. The van der Waals surface area contributed by atoms with E-state index in [1.165, 1.54) is 27.8 Å². The molecule has 5 nitrogen and oxygen atoms in total. The standard InChI is InChI=1S/C25H35N3O2/c1-4-26-25(28-17-23-9-8-19(2)14-20(23)3)27-16-21-6-5-7-22(15-21)18-30-24-10-12-29-13-11-24/h5-9,14-15,24H,4,10-13,16-18H2,1-3H3,(H2,26,27,28). The van der Waals surface area contributed by atoms with Gasteiger partial charge in [-0.05, 0) is 55.9 Å². The van der Waals surface area contributed by atoms with E-state index in [0.717, 1.165) is 45.1 Å². The van der Waals surface area contributed by atoms with Crippen molar-refractivity contribution in [1.29, 1.82) is 0 Å². The molecule has 2 N–H and O–H groups in total. The smallest absolute Gasteiger partial charge is 0.191 e. The first-order valence-electron chi connectivity index (χ1n) is 11.0. The van der Waals surface area contributed by atoms with Gasteiger partial charge in [-0.15, -0.1) is 0 Å². The molecule has 162 valence electrons. The van der Waals surface area contributed by atoms with Crippen molar-refractivity contribution in [3.63, 3.8) is 0 Å². The molecule has 1 fully saturated rings. The average Bonchev–Trinajstić information content (AvgIpc) is 2.76. The molecule has 0 atom stereocenters. The molecule has 0 radical (unpaired) electrons. The summed E-state index contributed by atoms with van der Waals surface area (Å²) in [5.41, 5.74) is 6.26. The lowest BCUT2D eigenvalue weighted by Crippen LogP contribution is -2.36. The van der Waals surface area contributed by atoms with E-state index in [0.29, 0.717) is 19.3 Å². The molecule has 1 saturated heterocycles. The maximum atomic E-state index is 6.05. The van der Waals surface area contributed by atoms with Gasteiger partial charge in [0.15, 0.2) is 5.96 Å². The van der Waals surface area contributed by atoms with Gasteiger partial charge in [0.1, 0.15) is 0 Å². The van der Waals surface area contributed by atoms with Crippen molar-refractivity contribution in [2.24, 2.45) is 4.99 Å². The van der Waals surface area contributed by atoms with Crippen LogP contribution in [0, 0.1) is 13.8 Å². The molecule has 0 unspecified atom stereocenters. The first-order valence-corrected chi connectivity index (χ1v) is 11.0. The van der Waals surface area contributed by atoms with Crippen LogP contribution in [0.15, 0.2) is 47.5 Å². The Bertz CT molecular complexity index is 829. The van der Waals surface area contributed by atoms with Crippen LogP contribution in [0.4, 0.5) is 0 Å². The van der Waals surface area contributed by atoms with Crippen LogP contribution < -0.4 is 10.6 Å². The van der Waals surface area contributed by atoms with Gasteiger partial charge < -0.3 is 20.1 Å². The van der Waals surface area contributed by atoms with Crippen molar-refractivity contribution in [2.75, 3.05) is 19.8 Å². The summed E-state index contributed by atoms with van der Waals surface area (Å²) in [6, 6.07) is 15.1. The van der Waals surface area contributed by atoms with Gasteiger partial charge in [-0.25, -0.2) is 4.99 Å². The van der Waals surface area contributed by atoms with Gasteiger partial charge in [-0.2, -0.15) is 0 Å². The number of hydrogen-bond acceptors (Lipinski definition) is 3. The number of benzene rings is 2. The fourth-order valence-electron chi connectivity index (χ4n) is 3.61. The van der Waals surface area contributed by atoms with Crippen LogP contribution in [0.3, 0.4) is 0 Å². The quantitative estimate of drug-likeness (QED) is 0.505. The molecular weight excluding hydrogens is 374 g/mol. The number of aliphatic imine (C=N–C) groups is 1. The second kappa shape index (κ2) is 11.7. The molecule has 0 bridgehead atoms. The Morgan fingerprint density at radius 3 is 2.63 bits per heavy atom. The lowest BCUT2D eigenvalue weighted by atomic mass is 10.1. The van der Waals surface area contributed by atoms with Gasteiger partial charge in [0, 0.05) is 26.3 Å². The molecule has 1 aliphatic rings. The molecule has 1 heterocycles. The van der Waals surface area contributed by atoms with Gasteiger partial charge in [0.05, 0.1) is 19.3 Å². The molecule has 0 spiro atoms. The molecular formula is C25H35N3O2. The summed E-state index contributed by atoms with van der Waals surface area (Å²) >= 11 is 0. The first-order chi connectivity index (χ1) is 14.6. The van der Waals surface area contributed by atoms with Crippen LogP contribution in [-0.4, -0.2) is 31.8 Å². The predicted molar refractivity (Wildman–Crippen MR) is 123 cm³/mol. The number of aryl methyl sites for hydroxylation is 2. The summed E-state index contributed by atoms with van der Waals surface area (Å²) in [7, 11) is 0. The zero-order chi connectivity index (χ0) is 21.2. The SMILES string of the molecule is CCNC(=NCc1cccc(COC2CCOCC2)c1)NCc1ccc(C)cc1C. The largest absolute Gasteiger partial charge is 0.381 e. The normalized spacial score (nSPS) is 15.2. The summed E-state index contributed by atoms with van der Waals surface area (Å²) in [5, 5.41) is 6.79. The Hall–Kier alpha value is -2.37. The predicted octanol–water partition coefficient (Wildman–Crippen LogP) is 4.25. The number of ether oxygens (including phenoxy) is 2. The maximum absolute atomic E-state index is 6.05. The summed E-state index contributed by atoms with van der Waals surface area (Å²) in [5.74, 6) is 0.835. The van der Waals surface area contributed by atoms with Gasteiger partial charge >= 0.3 is 0 Å². The summed E-state index contributed by atoms with van der Waals surface area (Å²) in [4.78, 5) is 4.77. The van der Waals surface area contributed by atoms with Gasteiger partial charge in [-0.1, -0.05) is 48.0 Å². The third kappa shape index (κ3) is 7.15. The Morgan fingerprint density at radius 1 is 1.07 bits per heavy atom. The van der Waals surface area contributed by atoms with E-state index in [9.17, 15) is 0 Å². The Morgan fingerprint density at radius 2 is 1.87 bits per heavy atom. The minimum atomic E-state index is 0.315. The Labute approximate surface area is 180 Å². The van der Waals surface area contributed by atoms with Crippen LogP contribution >= 0.6 is 0 Å². The summed E-state index contributed by atoms with van der Waals surface area (Å²) < 4.78 is 11.5. The fourth-order valence-corrected chi connectivity index (χ4v) is 3.61. The highest BCUT2D eigenvalue weighted by Gasteiger charge is 2.14. The minimum Gasteiger partial charge on any atom is -0.381 e. The molecule has 3 rings (SSSR count). The molecule has 2 aromatic rings. The topological polar surface area (TPSA) is 54.9 Å². The van der Waals surface area contributed by atoms with Crippen LogP contribution in [0.25, 0.3) is 0 Å². The molecule has 30 heavy (non-hydrogen) atoms. The van der Waals surface area contributed by atoms with Crippen molar-refractivity contribution in [3.05, 3.63) is 70.3 Å². The highest BCUT2D eigenvalue weighted by atomic mass is 16.5. The van der Waals surface area contributed by atoms with Crippen molar-refractivity contribution in [3.8, 4) is 0 Å². The number of nitrogens with zero attached hydrogens (tertiary/aromatic N) is 1. The highest BCUT2D eigenvalue weighted by molar-refractivity contribution is 5.79. The zero-order valence-electron chi connectivity index (χ0n) is 18.5. The van der Waals surface area contributed by atoms with E-state index >= 15 is 0 Å². The molecule has 0 aromatic heterocycles. The van der Waals surface area contributed by atoms with E-state index in [2.05, 4.69) is 73.9 Å². The molecule has 2 aromatic carbocycles. The average molecular weight is 410 g/mol. The maximum Gasteiger partial charge on any atom is 0.191 e. The molecule has 5 heteroatoms. The van der Waals surface area contributed by atoms with Crippen LogP contribution in [0.2, 0.25) is 0 Å². The van der Waals surface area contributed by atoms with E-state index in [4.69, 9.17) is 14.5 Å². The van der Waals surface area contributed by atoms with E-state index in [1.807, 2.05) is 0 Å². The molecule has 0 aliphatic carbocycles. The van der Waals surface area contributed by atoms with Crippen molar-refractivity contribution < 1.29 is 9.47 Å². The number of hydrogen-bond donors (Lipinski definition) is 2. The Balaban J connectivity index is 1.55. The molecule has 0 saturated carbocycles. The molecule has 1 aliphatic heterocycles. The summed E-state index contributed by atoms with van der Waals surface area (Å²) in [6.45, 7) is 10.8. The van der Waals surface area contributed by atoms with E-state index in [1.54, 1.807) is 0 Å². The second-order valence-corrected chi connectivity index (χ2v) is 7.92. The Kier molecular flexibility index (Phi) is 8.72. The fraction of sp³-hybridized carbons (Fsp3) is 0.480. The van der Waals surface area contributed by atoms with Crippen LogP contribution in [0.5, 0.6) is 0 Å². The number of nitrogens with one attached hydrogen (secondary N) is 2. The third-order valence-electron chi connectivity index (χ3n) is 5.35. The zero-order valence-corrected chi connectivity index (χ0v) is 18.5. The van der Waals surface area contributed by atoms with Crippen LogP contribution in [-0.2, 0) is 29.2 Å². The summed E-state index contributed by atoms with van der Waals surface area (Å²) in [6.07, 6.45) is 2.29. The van der Waals surface area contributed by atoms with Crippen LogP contribution in [0.1, 0.15) is 47.6 Å². The lowest BCUT2D eigenvalue weighted by molar-refractivity contribution is -0.0390. The number of rotatable bonds is 8. The highest BCUT2D eigenvalue weighted by Crippen LogP contribution is 2.15. The van der Waals surface area contributed by atoms with Gasteiger partial charge in [0.2, 0.25) is 0 Å². The van der Waals surface area contributed by atoms with E-state index in [-0.39, 0.29) is 0 Å². The first kappa shape index (κ1) is 22.3. The monoisotopic (exact) mass is 409 g/mol. The van der Waals surface area contributed by atoms with Crippen molar-refractivity contribution >= 4 is 5.96 Å². The third-order valence-corrected chi connectivity index (χ3v) is 5.35. The van der Waals surface area contributed by atoms with Crippen molar-refractivity contribution in [1.82, 2.24) is 10.6 Å². The van der Waals surface area contributed by atoms with E-state index < -0.39 is 0 Å². The second-order valence-electron chi connectivity index (χ2n) is 7.92. The molecule has 0 amide bonds. The minimum absolute atomic E-state index is 0.315. The van der Waals surface area contributed by atoms with Gasteiger partial charge in [0.25, 0.3) is 0 Å². The van der Waals surface area contributed by atoms with Crippen molar-refractivity contribution in [2.45, 2.75) is 59.4 Å². The lowest BCUT2D eigenvalue weighted by Gasteiger charge is -2.22. The van der Waals surface area contributed by atoms with Gasteiger partial charge in [-0.3, -0.25) is 0 Å².